The smallest absolute Gasteiger partial charge is 0.247 e. The summed E-state index contributed by atoms with van der Waals surface area (Å²) in [6.07, 6.45) is 0. The first kappa shape index (κ1) is 15.7. The van der Waals surface area contributed by atoms with E-state index < -0.39 is 10.0 Å². The van der Waals surface area contributed by atoms with Gasteiger partial charge < -0.3 is 0 Å². The molecule has 7 heteroatoms. The van der Waals surface area contributed by atoms with Crippen LogP contribution in [0.5, 0.6) is 0 Å². The van der Waals surface area contributed by atoms with Crippen molar-refractivity contribution in [3.63, 3.8) is 0 Å². The fraction of sp³-hybridized carbons (Fsp3) is 0.429. The van der Waals surface area contributed by atoms with Crippen LogP contribution in [0, 0.1) is 20.8 Å². The highest BCUT2D eigenvalue weighted by Crippen LogP contribution is 2.22. The van der Waals surface area contributed by atoms with Crippen LogP contribution in [0.2, 0.25) is 0 Å². The van der Waals surface area contributed by atoms with Crippen molar-refractivity contribution >= 4 is 10.0 Å². The minimum absolute atomic E-state index is 0.255. The Kier molecular flexibility index (Phi) is 4.43. The number of hydrogen-bond acceptors (Lipinski definition) is 4. The van der Waals surface area contributed by atoms with E-state index in [1.54, 1.807) is 13.8 Å². The van der Waals surface area contributed by atoms with Crippen LogP contribution >= 0.6 is 0 Å². The lowest BCUT2D eigenvalue weighted by molar-refractivity contribution is 0.418. The largest absolute Gasteiger partial charge is 0.281 e. The SMILES string of the molecule is CCN(Cc1cccc(C)n1)S(=O)(=O)c1c(C)n[nH]c1C. The summed E-state index contributed by atoms with van der Waals surface area (Å²) in [6, 6.07) is 5.60. The molecule has 0 atom stereocenters. The number of rotatable bonds is 5. The van der Waals surface area contributed by atoms with Gasteiger partial charge in [-0.25, -0.2) is 8.42 Å². The molecule has 0 bridgehead atoms. The third-order valence-electron chi connectivity index (χ3n) is 3.30. The van der Waals surface area contributed by atoms with Gasteiger partial charge in [0.2, 0.25) is 10.0 Å². The third-order valence-corrected chi connectivity index (χ3v) is 5.48. The lowest BCUT2D eigenvalue weighted by Crippen LogP contribution is -2.31. The van der Waals surface area contributed by atoms with E-state index in [4.69, 9.17) is 0 Å². The Morgan fingerprint density at radius 1 is 1.24 bits per heavy atom. The van der Waals surface area contributed by atoms with Crippen LogP contribution in [0.25, 0.3) is 0 Å². The zero-order chi connectivity index (χ0) is 15.6. The standard InChI is InChI=1S/C14H20N4O2S/c1-5-18(9-13-8-6-7-10(2)15-13)21(19,20)14-11(3)16-17-12(14)4/h6-8H,5,9H2,1-4H3,(H,16,17). The zero-order valence-corrected chi connectivity index (χ0v) is 13.5. The number of aromatic nitrogens is 3. The summed E-state index contributed by atoms with van der Waals surface area (Å²) < 4.78 is 27.0. The maximum Gasteiger partial charge on any atom is 0.247 e. The Morgan fingerprint density at radius 2 is 1.95 bits per heavy atom. The normalized spacial score (nSPS) is 12.0. The van der Waals surface area contributed by atoms with Crippen molar-refractivity contribution in [3.05, 3.63) is 41.0 Å². The third kappa shape index (κ3) is 3.14. The summed E-state index contributed by atoms with van der Waals surface area (Å²) in [5, 5.41) is 6.70. The van der Waals surface area contributed by atoms with Crippen molar-refractivity contribution < 1.29 is 8.42 Å². The molecular formula is C14H20N4O2S. The molecule has 0 radical (unpaired) electrons. The van der Waals surface area contributed by atoms with Crippen LogP contribution in [-0.4, -0.2) is 34.4 Å². The quantitative estimate of drug-likeness (QED) is 0.915. The highest BCUT2D eigenvalue weighted by molar-refractivity contribution is 7.89. The maximum atomic E-state index is 12.8. The Labute approximate surface area is 125 Å². The van der Waals surface area contributed by atoms with Crippen LogP contribution in [0.3, 0.4) is 0 Å². The highest BCUT2D eigenvalue weighted by Gasteiger charge is 2.28. The van der Waals surface area contributed by atoms with Crippen molar-refractivity contribution in [2.75, 3.05) is 6.54 Å². The molecule has 2 aromatic heterocycles. The first-order valence-electron chi connectivity index (χ1n) is 6.80. The Bertz CT molecular complexity index is 718. The van der Waals surface area contributed by atoms with Gasteiger partial charge in [0, 0.05) is 12.2 Å². The molecule has 0 fully saturated rings. The van der Waals surface area contributed by atoms with Gasteiger partial charge in [0.25, 0.3) is 0 Å². The molecule has 0 unspecified atom stereocenters. The molecule has 2 rings (SSSR count). The van der Waals surface area contributed by atoms with Gasteiger partial charge in [-0.1, -0.05) is 13.0 Å². The van der Waals surface area contributed by atoms with E-state index in [2.05, 4.69) is 15.2 Å². The minimum atomic E-state index is -3.58. The molecule has 6 nitrogen and oxygen atoms in total. The molecule has 0 aliphatic rings. The van der Waals surface area contributed by atoms with E-state index in [0.717, 1.165) is 11.4 Å². The fourth-order valence-corrected chi connectivity index (χ4v) is 4.04. The van der Waals surface area contributed by atoms with Crippen molar-refractivity contribution in [3.8, 4) is 0 Å². The van der Waals surface area contributed by atoms with Crippen molar-refractivity contribution in [2.24, 2.45) is 0 Å². The lowest BCUT2D eigenvalue weighted by atomic mass is 10.3. The molecule has 0 saturated heterocycles. The molecule has 2 aromatic rings. The molecule has 0 aromatic carbocycles. The number of nitrogens with one attached hydrogen (secondary N) is 1. The number of aryl methyl sites for hydroxylation is 3. The molecule has 0 aliphatic carbocycles. The van der Waals surface area contributed by atoms with E-state index in [-0.39, 0.29) is 11.4 Å². The number of pyridine rings is 1. The summed E-state index contributed by atoms with van der Waals surface area (Å²) in [4.78, 5) is 4.63. The highest BCUT2D eigenvalue weighted by atomic mass is 32.2. The Morgan fingerprint density at radius 3 is 2.48 bits per heavy atom. The summed E-state index contributed by atoms with van der Waals surface area (Å²) in [5.41, 5.74) is 2.65. The number of nitrogens with zero attached hydrogens (tertiary/aromatic N) is 3. The van der Waals surface area contributed by atoms with Crippen LogP contribution in [0.4, 0.5) is 0 Å². The first-order valence-corrected chi connectivity index (χ1v) is 8.24. The van der Waals surface area contributed by atoms with Gasteiger partial charge in [-0.15, -0.1) is 0 Å². The van der Waals surface area contributed by atoms with Gasteiger partial charge in [0.05, 0.1) is 23.6 Å². The van der Waals surface area contributed by atoms with E-state index in [1.807, 2.05) is 32.0 Å². The van der Waals surface area contributed by atoms with E-state index in [1.165, 1.54) is 4.31 Å². The van der Waals surface area contributed by atoms with Crippen LogP contribution in [-0.2, 0) is 16.6 Å². The molecule has 1 N–H and O–H groups in total. The maximum absolute atomic E-state index is 12.8. The average molecular weight is 308 g/mol. The van der Waals surface area contributed by atoms with Gasteiger partial charge in [-0.2, -0.15) is 9.40 Å². The van der Waals surface area contributed by atoms with Gasteiger partial charge in [-0.05, 0) is 32.9 Å². The topological polar surface area (TPSA) is 79.0 Å². The second-order valence-corrected chi connectivity index (χ2v) is 6.84. The van der Waals surface area contributed by atoms with Crippen molar-refractivity contribution in [1.82, 2.24) is 19.5 Å². The molecule has 21 heavy (non-hydrogen) atoms. The van der Waals surface area contributed by atoms with E-state index in [9.17, 15) is 8.42 Å². The second-order valence-electron chi connectivity index (χ2n) is 4.96. The Hall–Kier alpha value is -1.73. The second kappa shape index (κ2) is 5.95. The monoisotopic (exact) mass is 308 g/mol. The van der Waals surface area contributed by atoms with Gasteiger partial charge in [0.1, 0.15) is 4.90 Å². The number of H-pyrrole nitrogens is 1. The molecular weight excluding hydrogens is 288 g/mol. The number of sulfonamides is 1. The first-order chi connectivity index (χ1) is 9.86. The minimum Gasteiger partial charge on any atom is -0.281 e. The molecule has 2 heterocycles. The predicted molar refractivity (Wildman–Crippen MR) is 80.3 cm³/mol. The van der Waals surface area contributed by atoms with Crippen LogP contribution in [0.1, 0.15) is 29.7 Å². The summed E-state index contributed by atoms with van der Waals surface area (Å²) in [7, 11) is -3.58. The summed E-state index contributed by atoms with van der Waals surface area (Å²) in [5.74, 6) is 0. The predicted octanol–water partition coefficient (Wildman–Crippen LogP) is 1.94. The van der Waals surface area contributed by atoms with Gasteiger partial charge in [0.15, 0.2) is 0 Å². The van der Waals surface area contributed by atoms with Crippen LogP contribution in [0.15, 0.2) is 23.1 Å². The molecule has 0 saturated carbocycles. The Balaban J connectivity index is 2.37. The van der Waals surface area contributed by atoms with Crippen LogP contribution < -0.4 is 0 Å². The van der Waals surface area contributed by atoms with E-state index >= 15 is 0 Å². The summed E-state index contributed by atoms with van der Waals surface area (Å²) in [6.45, 7) is 7.74. The van der Waals surface area contributed by atoms with Gasteiger partial charge in [-0.3, -0.25) is 10.1 Å². The summed E-state index contributed by atoms with van der Waals surface area (Å²) >= 11 is 0. The lowest BCUT2D eigenvalue weighted by Gasteiger charge is -2.20. The molecule has 0 spiro atoms. The van der Waals surface area contributed by atoms with E-state index in [0.29, 0.717) is 17.9 Å². The average Bonchev–Trinajstić information content (AvgIpc) is 2.76. The molecule has 0 amide bonds. The van der Waals surface area contributed by atoms with Crippen molar-refractivity contribution in [1.29, 1.82) is 0 Å². The van der Waals surface area contributed by atoms with Gasteiger partial charge >= 0.3 is 0 Å². The van der Waals surface area contributed by atoms with Crippen molar-refractivity contribution in [2.45, 2.75) is 39.1 Å². The number of aromatic amines is 1. The molecule has 0 aliphatic heterocycles. The zero-order valence-electron chi connectivity index (χ0n) is 12.7. The number of hydrogen-bond donors (Lipinski definition) is 1. The fourth-order valence-electron chi connectivity index (χ4n) is 2.28. The molecule has 114 valence electrons.